The maximum Gasteiger partial charge on any atom is 0.417 e. The van der Waals surface area contributed by atoms with E-state index in [9.17, 15) is 22.0 Å². The van der Waals surface area contributed by atoms with Crippen LogP contribution in [0.3, 0.4) is 0 Å². The van der Waals surface area contributed by atoms with Crippen molar-refractivity contribution in [3.05, 3.63) is 41.7 Å². The Balaban J connectivity index is 1.59. The number of aromatic nitrogens is 2. The number of nitrogens with one attached hydrogen (secondary N) is 2. The summed E-state index contributed by atoms with van der Waals surface area (Å²) in [5.74, 6) is -1.94. The van der Waals surface area contributed by atoms with E-state index in [1.54, 1.807) is 11.0 Å². The molecule has 156 valence electrons. The van der Waals surface area contributed by atoms with Crippen LogP contribution >= 0.6 is 0 Å². The predicted molar refractivity (Wildman–Crippen MR) is 98.8 cm³/mol. The van der Waals surface area contributed by atoms with Crippen LogP contribution in [0.15, 0.2) is 30.5 Å². The summed E-state index contributed by atoms with van der Waals surface area (Å²) in [6.45, 7) is 0.977. The van der Waals surface area contributed by atoms with Gasteiger partial charge in [-0.3, -0.25) is 0 Å². The molecule has 2 fully saturated rings. The van der Waals surface area contributed by atoms with Gasteiger partial charge in [-0.2, -0.15) is 13.2 Å². The van der Waals surface area contributed by atoms with Crippen LogP contribution in [0.4, 0.5) is 39.3 Å². The molecule has 2 saturated heterocycles. The fraction of sp³-hybridized carbons (Fsp3) is 0.474. The maximum atomic E-state index is 13.3. The highest BCUT2D eigenvalue weighted by Gasteiger charge is 2.44. The zero-order valence-electron chi connectivity index (χ0n) is 15.4. The van der Waals surface area contributed by atoms with Gasteiger partial charge in [0.1, 0.15) is 11.6 Å². The van der Waals surface area contributed by atoms with Crippen molar-refractivity contribution in [2.75, 3.05) is 36.4 Å². The Morgan fingerprint density at radius 1 is 1.07 bits per heavy atom. The van der Waals surface area contributed by atoms with Crippen molar-refractivity contribution >= 4 is 17.3 Å². The minimum atomic E-state index is -4.46. The molecule has 0 aliphatic carbocycles. The van der Waals surface area contributed by atoms with E-state index >= 15 is 0 Å². The SMILES string of the molecule is FC1(F)CN(c2cc(Nc3ccc(C(F)(F)F)cn3)nc(C3CCNCC3)c2)C1. The van der Waals surface area contributed by atoms with Crippen LogP contribution in [0.25, 0.3) is 0 Å². The molecule has 2 aromatic heterocycles. The lowest BCUT2D eigenvalue weighted by atomic mass is 9.93. The highest BCUT2D eigenvalue weighted by Crippen LogP contribution is 2.36. The van der Waals surface area contributed by atoms with Gasteiger partial charge in [0.05, 0.1) is 18.7 Å². The first-order valence-electron chi connectivity index (χ1n) is 9.35. The van der Waals surface area contributed by atoms with E-state index < -0.39 is 17.7 Å². The molecular weight excluding hydrogens is 393 g/mol. The molecule has 4 heterocycles. The van der Waals surface area contributed by atoms with Crippen LogP contribution in [0.5, 0.6) is 0 Å². The Hall–Kier alpha value is -2.49. The molecule has 0 amide bonds. The Kier molecular flexibility index (Phi) is 5.05. The molecule has 2 N–H and O–H groups in total. The van der Waals surface area contributed by atoms with Gasteiger partial charge in [-0.25, -0.2) is 18.7 Å². The smallest absolute Gasteiger partial charge is 0.359 e. The second kappa shape index (κ2) is 7.40. The van der Waals surface area contributed by atoms with Crippen LogP contribution in [-0.2, 0) is 6.18 Å². The minimum absolute atomic E-state index is 0.194. The summed E-state index contributed by atoms with van der Waals surface area (Å²) >= 11 is 0. The van der Waals surface area contributed by atoms with Crippen LogP contribution in [0.2, 0.25) is 0 Å². The molecule has 5 nitrogen and oxygen atoms in total. The molecule has 4 rings (SSSR count). The molecule has 0 radical (unpaired) electrons. The van der Waals surface area contributed by atoms with Crippen LogP contribution < -0.4 is 15.5 Å². The number of piperidine rings is 1. The van der Waals surface area contributed by atoms with Gasteiger partial charge in [-0.05, 0) is 44.1 Å². The van der Waals surface area contributed by atoms with Gasteiger partial charge < -0.3 is 15.5 Å². The van der Waals surface area contributed by atoms with E-state index in [2.05, 4.69) is 20.6 Å². The quantitative estimate of drug-likeness (QED) is 0.738. The molecule has 0 aromatic carbocycles. The van der Waals surface area contributed by atoms with Gasteiger partial charge in [-0.1, -0.05) is 0 Å². The number of anilines is 3. The van der Waals surface area contributed by atoms with E-state index in [0.717, 1.165) is 43.9 Å². The van der Waals surface area contributed by atoms with Crippen molar-refractivity contribution in [2.45, 2.75) is 30.9 Å². The van der Waals surface area contributed by atoms with Crippen molar-refractivity contribution < 1.29 is 22.0 Å². The second-order valence-electron chi connectivity index (χ2n) is 7.43. The highest BCUT2D eigenvalue weighted by atomic mass is 19.4. The van der Waals surface area contributed by atoms with Crippen LogP contribution in [0.1, 0.15) is 30.0 Å². The third kappa shape index (κ3) is 4.58. The Labute approximate surface area is 164 Å². The molecule has 0 spiro atoms. The highest BCUT2D eigenvalue weighted by molar-refractivity contribution is 5.62. The number of hydrogen-bond donors (Lipinski definition) is 2. The first-order valence-corrected chi connectivity index (χ1v) is 9.35. The van der Waals surface area contributed by atoms with Crippen molar-refractivity contribution in [1.29, 1.82) is 0 Å². The zero-order chi connectivity index (χ0) is 20.6. The fourth-order valence-corrected chi connectivity index (χ4v) is 3.57. The normalized spacial score (nSPS) is 19.7. The second-order valence-corrected chi connectivity index (χ2v) is 7.43. The monoisotopic (exact) mass is 413 g/mol. The van der Waals surface area contributed by atoms with Gasteiger partial charge in [0.25, 0.3) is 5.92 Å². The van der Waals surface area contributed by atoms with Crippen molar-refractivity contribution in [3.63, 3.8) is 0 Å². The Bertz CT molecular complexity index is 854. The van der Waals surface area contributed by atoms with E-state index in [1.807, 2.05) is 6.07 Å². The summed E-state index contributed by atoms with van der Waals surface area (Å²) in [6.07, 6.45) is -1.96. The Morgan fingerprint density at radius 3 is 2.38 bits per heavy atom. The lowest BCUT2D eigenvalue weighted by Gasteiger charge is -2.40. The number of nitrogens with zero attached hydrogens (tertiary/aromatic N) is 3. The van der Waals surface area contributed by atoms with E-state index in [0.29, 0.717) is 11.5 Å². The number of rotatable bonds is 4. The summed E-state index contributed by atoms with van der Waals surface area (Å²) in [5.41, 5.74) is 0.561. The molecule has 2 aromatic rings. The summed E-state index contributed by atoms with van der Waals surface area (Å²) in [7, 11) is 0. The lowest BCUT2D eigenvalue weighted by Crippen LogP contribution is -2.56. The summed E-state index contributed by atoms with van der Waals surface area (Å²) in [6, 6.07) is 5.61. The van der Waals surface area contributed by atoms with E-state index in [-0.39, 0.29) is 24.8 Å². The molecule has 0 bridgehead atoms. The summed E-state index contributed by atoms with van der Waals surface area (Å²) in [5, 5.41) is 6.18. The maximum absolute atomic E-state index is 13.3. The van der Waals surface area contributed by atoms with Crippen LogP contribution in [-0.4, -0.2) is 42.1 Å². The van der Waals surface area contributed by atoms with Gasteiger partial charge in [0, 0.05) is 29.6 Å². The van der Waals surface area contributed by atoms with Crippen molar-refractivity contribution in [1.82, 2.24) is 15.3 Å². The fourth-order valence-electron chi connectivity index (χ4n) is 3.57. The molecule has 2 aliphatic heterocycles. The molecule has 0 unspecified atom stereocenters. The average Bonchev–Trinajstić information content (AvgIpc) is 2.66. The largest absolute Gasteiger partial charge is 0.417 e. The van der Waals surface area contributed by atoms with Gasteiger partial charge in [-0.15, -0.1) is 0 Å². The standard InChI is InChI=1S/C19H20F5N5/c20-18(21)10-29(11-18)14-7-15(12-3-5-25-6-4-12)27-17(8-14)28-16-2-1-13(9-26-16)19(22,23)24/h1-2,7-9,12,25H,3-6,10-11H2,(H,26,27,28). The average molecular weight is 413 g/mol. The van der Waals surface area contributed by atoms with E-state index in [4.69, 9.17) is 0 Å². The number of alkyl halides is 5. The summed E-state index contributed by atoms with van der Waals surface area (Å²) in [4.78, 5) is 9.95. The van der Waals surface area contributed by atoms with Crippen LogP contribution in [0, 0.1) is 0 Å². The molecule has 2 aliphatic rings. The molecule has 10 heteroatoms. The first kappa shape index (κ1) is 19.8. The lowest BCUT2D eigenvalue weighted by molar-refractivity contribution is -0.137. The van der Waals surface area contributed by atoms with E-state index in [1.165, 1.54) is 6.07 Å². The molecule has 0 atom stereocenters. The number of halogens is 5. The molecule has 0 saturated carbocycles. The number of hydrogen-bond acceptors (Lipinski definition) is 5. The first-order chi connectivity index (χ1) is 13.7. The third-order valence-electron chi connectivity index (χ3n) is 5.14. The topological polar surface area (TPSA) is 53.1 Å². The third-order valence-corrected chi connectivity index (χ3v) is 5.14. The Morgan fingerprint density at radius 2 is 1.79 bits per heavy atom. The predicted octanol–water partition coefficient (Wildman–Crippen LogP) is 4.16. The minimum Gasteiger partial charge on any atom is -0.359 e. The zero-order valence-corrected chi connectivity index (χ0v) is 15.4. The van der Waals surface area contributed by atoms with Crippen molar-refractivity contribution in [2.24, 2.45) is 0 Å². The summed E-state index contributed by atoms with van der Waals surface area (Å²) < 4.78 is 64.8. The molecule has 29 heavy (non-hydrogen) atoms. The molecular formula is C19H20F5N5. The van der Waals surface area contributed by atoms with Crippen molar-refractivity contribution in [3.8, 4) is 0 Å². The number of pyridine rings is 2. The van der Waals surface area contributed by atoms with Gasteiger partial charge in [0.2, 0.25) is 0 Å². The van der Waals surface area contributed by atoms with Gasteiger partial charge in [0.15, 0.2) is 0 Å². The van der Waals surface area contributed by atoms with Gasteiger partial charge >= 0.3 is 6.18 Å².